The third kappa shape index (κ3) is 13.1. The number of imidazole rings is 1. The van der Waals surface area contributed by atoms with Gasteiger partial charge in [-0.1, -0.05) is 45.7 Å². The second kappa shape index (κ2) is 22.9. The summed E-state index contributed by atoms with van der Waals surface area (Å²) in [6.45, 7) is 5.68. The topological polar surface area (TPSA) is 321 Å². The van der Waals surface area contributed by atoms with Crippen LogP contribution in [-0.4, -0.2) is 97.4 Å². The molecule has 1 aromatic carbocycles. The molecular weight excluding hydrogens is 807 g/mol. The lowest BCUT2D eigenvalue weighted by atomic mass is 10.0. The van der Waals surface area contributed by atoms with E-state index in [4.69, 9.17) is 16.2 Å². The number of aromatic nitrogens is 4. The summed E-state index contributed by atoms with van der Waals surface area (Å²) in [7, 11) is 0. The highest BCUT2D eigenvalue weighted by atomic mass is 16.5. The fourth-order valence-electron chi connectivity index (χ4n) is 6.33. The van der Waals surface area contributed by atoms with Crippen LogP contribution in [0.2, 0.25) is 0 Å². The van der Waals surface area contributed by atoms with Gasteiger partial charge in [0.25, 0.3) is 11.8 Å². The number of nitrogen functional groups attached to an aromatic ring is 1. The molecule has 0 unspecified atom stereocenters. The van der Waals surface area contributed by atoms with Crippen molar-refractivity contribution in [3.05, 3.63) is 52.5 Å². The number of nitrogens with zero attached hydrogens (tertiary/aromatic N) is 6. The number of nitrogens with two attached hydrogens (primary N) is 2. The zero-order chi connectivity index (χ0) is 45.3. The number of primary amides is 1. The molecule has 1 aliphatic heterocycles. The van der Waals surface area contributed by atoms with E-state index in [1.807, 2.05) is 13.0 Å². The lowest BCUT2D eigenvalue weighted by Crippen LogP contribution is -2.54. The quantitative estimate of drug-likeness (QED) is 0.0520. The van der Waals surface area contributed by atoms with Crippen molar-refractivity contribution >= 4 is 64.3 Å². The van der Waals surface area contributed by atoms with Crippen LogP contribution in [0.25, 0.3) is 11.2 Å². The summed E-state index contributed by atoms with van der Waals surface area (Å²) < 4.78 is 7.28. The van der Waals surface area contributed by atoms with E-state index in [2.05, 4.69) is 36.6 Å². The molecule has 332 valence electrons. The Morgan fingerprint density at radius 2 is 1.61 bits per heavy atom. The monoisotopic (exact) mass is 859 g/mol. The first-order chi connectivity index (χ1) is 29.6. The van der Waals surface area contributed by atoms with Crippen molar-refractivity contribution < 1.29 is 38.3 Å². The van der Waals surface area contributed by atoms with Crippen LogP contribution in [0.15, 0.2) is 41.2 Å². The Bertz CT molecular complexity index is 2240. The van der Waals surface area contributed by atoms with Gasteiger partial charge in [0.1, 0.15) is 24.1 Å². The second-order valence-electron chi connectivity index (χ2n) is 14.7. The van der Waals surface area contributed by atoms with Crippen LogP contribution in [0.4, 0.5) is 21.1 Å². The SMILES string of the molecule is CCCCOc1nc(N)c2c(n1)n(CC#N)c(=O)n2C(=O)NCc1ccc(NC(=O)[C@H](CCCNC(N)=O)NC(=O)[C@@H](NC(=O)CCCCCN2C(=O)C=CC2=O)C(C)C)cc1. The molecule has 4 rings (SSSR count). The molecule has 62 heavy (non-hydrogen) atoms. The van der Waals surface area contributed by atoms with Gasteiger partial charge in [-0.15, -0.1) is 0 Å². The van der Waals surface area contributed by atoms with Crippen molar-refractivity contribution in [1.29, 1.82) is 5.26 Å². The average Bonchev–Trinajstić information content (AvgIpc) is 3.70. The Morgan fingerprint density at radius 1 is 0.903 bits per heavy atom. The van der Waals surface area contributed by atoms with Crippen LogP contribution in [0, 0.1) is 17.2 Å². The number of imide groups is 1. The molecule has 8 amide bonds. The molecule has 0 saturated carbocycles. The number of anilines is 2. The molecule has 9 N–H and O–H groups in total. The maximum Gasteiger partial charge on any atom is 0.339 e. The molecule has 22 nitrogen and oxygen atoms in total. The number of nitrogens with one attached hydrogen (secondary N) is 5. The predicted octanol–water partition coefficient (Wildman–Crippen LogP) is 1.13. The van der Waals surface area contributed by atoms with Crippen molar-refractivity contribution in [2.45, 2.75) is 97.3 Å². The van der Waals surface area contributed by atoms with E-state index in [0.29, 0.717) is 37.1 Å². The number of nitriles is 1. The Balaban J connectivity index is 1.36. The Labute approximate surface area is 356 Å². The number of carbonyl (C=O) groups is 7. The van der Waals surface area contributed by atoms with Gasteiger partial charge in [0.05, 0.1) is 12.7 Å². The maximum absolute atomic E-state index is 13.6. The van der Waals surface area contributed by atoms with Crippen molar-refractivity contribution in [3.8, 4) is 12.1 Å². The Kier molecular flexibility index (Phi) is 17.5. The fourth-order valence-corrected chi connectivity index (χ4v) is 6.33. The van der Waals surface area contributed by atoms with E-state index in [0.717, 1.165) is 26.9 Å². The second-order valence-corrected chi connectivity index (χ2v) is 14.7. The van der Waals surface area contributed by atoms with E-state index in [1.54, 1.807) is 38.1 Å². The van der Waals surface area contributed by atoms with Gasteiger partial charge in [-0.2, -0.15) is 15.2 Å². The van der Waals surface area contributed by atoms with E-state index >= 15 is 0 Å². The molecular formula is C40H53N13O9. The van der Waals surface area contributed by atoms with Crippen molar-refractivity contribution in [2.75, 3.05) is 30.7 Å². The van der Waals surface area contributed by atoms with E-state index in [1.165, 1.54) is 12.2 Å². The van der Waals surface area contributed by atoms with Crippen LogP contribution in [0.5, 0.6) is 6.01 Å². The zero-order valence-electron chi connectivity index (χ0n) is 34.9. The molecule has 0 spiro atoms. The number of carbonyl (C=O) groups excluding carboxylic acids is 7. The molecule has 2 aromatic heterocycles. The maximum atomic E-state index is 13.6. The summed E-state index contributed by atoms with van der Waals surface area (Å²) in [4.78, 5) is 111. The Hall–Kier alpha value is -7.31. The average molecular weight is 860 g/mol. The van der Waals surface area contributed by atoms with Gasteiger partial charge in [-0.25, -0.2) is 19.0 Å². The molecule has 3 heterocycles. The smallest absolute Gasteiger partial charge is 0.339 e. The minimum absolute atomic E-state index is 0.0383. The molecule has 0 fully saturated rings. The number of urea groups is 1. The van der Waals surface area contributed by atoms with Crippen molar-refractivity contribution in [1.82, 2.24) is 45.3 Å². The molecule has 22 heteroatoms. The number of hydrogen-bond donors (Lipinski definition) is 7. The van der Waals surface area contributed by atoms with Crippen molar-refractivity contribution in [3.63, 3.8) is 0 Å². The minimum atomic E-state index is -1.09. The zero-order valence-corrected chi connectivity index (χ0v) is 34.9. The lowest BCUT2D eigenvalue weighted by Gasteiger charge is -2.25. The molecule has 0 bridgehead atoms. The molecule has 0 saturated heterocycles. The van der Waals surface area contributed by atoms with Gasteiger partial charge in [-0.3, -0.25) is 33.4 Å². The highest BCUT2D eigenvalue weighted by Crippen LogP contribution is 2.21. The number of ether oxygens (including phenoxy) is 1. The number of amides is 8. The van der Waals surface area contributed by atoms with E-state index in [-0.39, 0.29) is 85.5 Å². The fraction of sp³-hybridized carbons (Fsp3) is 0.475. The highest BCUT2D eigenvalue weighted by Gasteiger charge is 2.29. The number of fused-ring (bicyclic) bond motifs is 1. The first-order valence-electron chi connectivity index (χ1n) is 20.3. The van der Waals surface area contributed by atoms with Gasteiger partial charge >= 0.3 is 23.8 Å². The normalized spacial score (nSPS) is 13.1. The van der Waals surface area contributed by atoms with Gasteiger partial charge in [-0.05, 0) is 55.7 Å². The van der Waals surface area contributed by atoms with E-state index < -0.39 is 48.2 Å². The molecule has 2 atom stereocenters. The Morgan fingerprint density at radius 3 is 2.26 bits per heavy atom. The van der Waals surface area contributed by atoms with Crippen LogP contribution in [-0.2, 0) is 37.1 Å². The number of unbranched alkanes of at least 4 members (excludes halogenated alkanes) is 3. The van der Waals surface area contributed by atoms with Gasteiger partial charge < -0.3 is 42.8 Å². The lowest BCUT2D eigenvalue weighted by molar-refractivity contribution is -0.137. The van der Waals surface area contributed by atoms with Crippen LogP contribution >= 0.6 is 0 Å². The number of rotatable bonds is 23. The van der Waals surface area contributed by atoms with Crippen LogP contribution in [0.3, 0.4) is 0 Å². The standard InChI is InChI=1S/C40H53N13O9/c1-4-5-22-62-38-49-33(42)32-34(50-38)52(21-18-41)40(61)53(32)39(60)45-23-25-12-14-26(15-13-25)46-35(57)27(10-9-19-44-37(43)59)47-36(58)31(24(2)3)48-28(54)11-7-6-8-20-51-29(55)16-17-30(51)56/h12-17,24,27,31H,4-11,19-23H2,1-3H3,(H,45,60)(H,46,57)(H,47,58)(H,48,54)(H2,42,49,50)(H3,43,44,59)/t27-,31-/m0/s1. The van der Waals surface area contributed by atoms with Crippen LogP contribution in [0.1, 0.15) is 77.7 Å². The third-order valence-corrected chi connectivity index (χ3v) is 9.65. The largest absolute Gasteiger partial charge is 0.463 e. The molecule has 0 radical (unpaired) electrons. The van der Waals surface area contributed by atoms with Crippen LogP contribution < -0.4 is 48.5 Å². The molecule has 0 aliphatic carbocycles. The summed E-state index contributed by atoms with van der Waals surface area (Å²) in [5, 5.41) is 22.7. The van der Waals surface area contributed by atoms with Gasteiger partial charge in [0, 0.05) is 43.9 Å². The highest BCUT2D eigenvalue weighted by molar-refractivity contribution is 6.12. The van der Waals surface area contributed by atoms with Gasteiger partial charge in [0.15, 0.2) is 11.5 Å². The summed E-state index contributed by atoms with van der Waals surface area (Å²) in [5.41, 5.74) is 11.3. The minimum Gasteiger partial charge on any atom is -0.463 e. The first-order valence-corrected chi connectivity index (χ1v) is 20.3. The molecule has 1 aliphatic rings. The number of hydrogen-bond acceptors (Lipinski definition) is 13. The predicted molar refractivity (Wildman–Crippen MR) is 225 cm³/mol. The molecule has 3 aromatic rings. The van der Waals surface area contributed by atoms with Crippen molar-refractivity contribution in [2.24, 2.45) is 11.7 Å². The van der Waals surface area contributed by atoms with E-state index in [9.17, 15) is 43.6 Å². The first kappa shape index (κ1) is 47.4. The summed E-state index contributed by atoms with van der Waals surface area (Å²) in [6, 6.07) is 4.49. The van der Waals surface area contributed by atoms with Gasteiger partial charge in [0.2, 0.25) is 17.7 Å². The third-order valence-electron chi connectivity index (χ3n) is 9.65. The number of benzene rings is 1. The summed E-state index contributed by atoms with van der Waals surface area (Å²) in [5.74, 6) is -2.83. The summed E-state index contributed by atoms with van der Waals surface area (Å²) in [6.07, 6.45) is 6.03. The summed E-state index contributed by atoms with van der Waals surface area (Å²) >= 11 is 0.